The number of hydrazone groups is 1. The average molecular weight is 334 g/mol. The zero-order chi connectivity index (χ0) is 18.1. The number of hydrogen-bond acceptors (Lipinski definition) is 6. The van der Waals surface area contributed by atoms with Gasteiger partial charge in [0.2, 0.25) is 5.71 Å². The smallest absolute Gasteiger partial charge is 0.323 e. The summed E-state index contributed by atoms with van der Waals surface area (Å²) in [6.07, 6.45) is 0. The van der Waals surface area contributed by atoms with Crippen molar-refractivity contribution in [2.75, 3.05) is 23.2 Å². The molecule has 0 aliphatic carbocycles. The van der Waals surface area contributed by atoms with Crippen LogP contribution in [0.25, 0.3) is 0 Å². The van der Waals surface area contributed by atoms with Gasteiger partial charge in [0.1, 0.15) is 17.9 Å². The van der Waals surface area contributed by atoms with E-state index in [1.165, 1.54) is 0 Å². The highest BCUT2D eigenvalue weighted by Crippen LogP contribution is 2.16. The number of carbonyl (C=O) groups excluding carboxylic acids is 1. The first-order valence-electron chi connectivity index (χ1n) is 7.10. The predicted octanol–water partition coefficient (Wildman–Crippen LogP) is 3.15. The van der Waals surface area contributed by atoms with Gasteiger partial charge in [0, 0.05) is 11.4 Å². The van der Waals surface area contributed by atoms with E-state index in [4.69, 9.17) is 15.3 Å². The third-order valence-electron chi connectivity index (χ3n) is 3.00. The van der Waals surface area contributed by atoms with E-state index in [1.807, 2.05) is 0 Å². The predicted molar refractivity (Wildman–Crippen MR) is 94.4 cm³/mol. The Bertz CT molecular complexity index is 829. The lowest BCUT2D eigenvalue weighted by atomic mass is 10.3. The molecule has 0 aliphatic rings. The van der Waals surface area contributed by atoms with Crippen LogP contribution in [0.4, 0.5) is 21.9 Å². The summed E-state index contributed by atoms with van der Waals surface area (Å²) >= 11 is 0. The van der Waals surface area contributed by atoms with Crippen molar-refractivity contribution in [3.63, 3.8) is 0 Å². The van der Waals surface area contributed by atoms with E-state index in [0.29, 0.717) is 22.8 Å². The van der Waals surface area contributed by atoms with Crippen molar-refractivity contribution in [1.29, 1.82) is 10.5 Å². The van der Waals surface area contributed by atoms with E-state index in [0.717, 1.165) is 0 Å². The standard InChI is InChI=1S/C17H14N6O2/c1-25-16-8-6-13(7-9-16)21-17(24)20-12-2-4-14(5-3-12)22-23-15(10-18)11-19/h2-9,22H,1H3,(H2,20,21,24). The number of methoxy groups -OCH3 is 1. The van der Waals surface area contributed by atoms with Gasteiger partial charge in [-0.25, -0.2) is 4.79 Å². The Labute approximate surface area is 144 Å². The van der Waals surface area contributed by atoms with E-state index < -0.39 is 0 Å². The Morgan fingerprint density at radius 3 is 1.88 bits per heavy atom. The lowest BCUT2D eigenvalue weighted by molar-refractivity contribution is 0.262. The molecule has 2 aromatic rings. The van der Waals surface area contributed by atoms with Gasteiger partial charge >= 0.3 is 6.03 Å². The molecule has 0 atom stereocenters. The van der Waals surface area contributed by atoms with Crippen molar-refractivity contribution in [3.05, 3.63) is 48.5 Å². The van der Waals surface area contributed by atoms with Gasteiger partial charge in [0.15, 0.2) is 0 Å². The van der Waals surface area contributed by atoms with Crippen LogP contribution >= 0.6 is 0 Å². The molecular formula is C17H14N6O2. The van der Waals surface area contributed by atoms with Crippen molar-refractivity contribution < 1.29 is 9.53 Å². The van der Waals surface area contributed by atoms with Crippen LogP contribution in [0, 0.1) is 22.7 Å². The summed E-state index contributed by atoms with van der Waals surface area (Å²) in [5, 5.41) is 26.2. The number of amides is 2. The SMILES string of the molecule is COc1ccc(NC(=O)Nc2ccc(NN=C(C#N)C#N)cc2)cc1. The van der Waals surface area contributed by atoms with Gasteiger partial charge in [0.25, 0.3) is 0 Å². The molecule has 0 bridgehead atoms. The topological polar surface area (TPSA) is 122 Å². The summed E-state index contributed by atoms with van der Waals surface area (Å²) in [4.78, 5) is 12.0. The van der Waals surface area contributed by atoms with Crippen molar-refractivity contribution in [2.45, 2.75) is 0 Å². The normalized spacial score (nSPS) is 9.08. The number of nitriles is 2. The van der Waals surface area contributed by atoms with Crippen molar-refractivity contribution >= 4 is 28.8 Å². The van der Waals surface area contributed by atoms with Crippen LogP contribution in [0.1, 0.15) is 0 Å². The zero-order valence-corrected chi connectivity index (χ0v) is 13.3. The van der Waals surface area contributed by atoms with Crippen LogP contribution in [0.5, 0.6) is 5.75 Å². The van der Waals surface area contributed by atoms with Crippen molar-refractivity contribution in [2.24, 2.45) is 5.10 Å². The molecule has 3 N–H and O–H groups in total. The zero-order valence-electron chi connectivity index (χ0n) is 13.3. The number of nitrogens with one attached hydrogen (secondary N) is 3. The Morgan fingerprint density at radius 1 is 0.920 bits per heavy atom. The number of hydrogen-bond donors (Lipinski definition) is 3. The first-order chi connectivity index (χ1) is 12.1. The van der Waals surface area contributed by atoms with Gasteiger partial charge in [-0.15, -0.1) is 0 Å². The summed E-state index contributed by atoms with van der Waals surface area (Å²) in [7, 11) is 1.57. The Hall–Kier alpha value is -4.04. The number of nitrogens with zero attached hydrogens (tertiary/aromatic N) is 3. The molecule has 0 spiro atoms. The number of rotatable bonds is 5. The number of urea groups is 1. The second-order valence-corrected chi connectivity index (χ2v) is 4.68. The fourth-order valence-corrected chi connectivity index (χ4v) is 1.79. The number of ether oxygens (including phenoxy) is 1. The maximum Gasteiger partial charge on any atom is 0.323 e. The van der Waals surface area contributed by atoms with Gasteiger partial charge in [-0.3, -0.25) is 5.43 Å². The summed E-state index contributed by atoms with van der Waals surface area (Å²) < 4.78 is 5.05. The Morgan fingerprint density at radius 2 is 1.40 bits per heavy atom. The molecular weight excluding hydrogens is 320 g/mol. The number of benzene rings is 2. The van der Waals surface area contributed by atoms with Crippen LogP contribution in [-0.4, -0.2) is 18.9 Å². The van der Waals surface area contributed by atoms with Gasteiger partial charge in [-0.05, 0) is 48.5 Å². The molecule has 8 heteroatoms. The molecule has 8 nitrogen and oxygen atoms in total. The average Bonchev–Trinajstić information content (AvgIpc) is 2.64. The minimum atomic E-state index is -0.389. The summed E-state index contributed by atoms with van der Waals surface area (Å²) in [6, 6.07) is 16.5. The first-order valence-corrected chi connectivity index (χ1v) is 7.10. The quantitative estimate of drug-likeness (QED) is 0.572. The molecule has 0 aromatic heterocycles. The highest BCUT2D eigenvalue weighted by atomic mass is 16.5. The first kappa shape index (κ1) is 17.3. The van der Waals surface area contributed by atoms with Crippen molar-refractivity contribution in [3.8, 4) is 17.9 Å². The van der Waals surface area contributed by atoms with E-state index in [-0.39, 0.29) is 11.7 Å². The largest absolute Gasteiger partial charge is 0.497 e. The van der Waals surface area contributed by atoms with Crippen molar-refractivity contribution in [1.82, 2.24) is 0 Å². The summed E-state index contributed by atoms with van der Waals surface area (Å²) in [5.41, 5.74) is 4.08. The van der Waals surface area contributed by atoms with Gasteiger partial charge < -0.3 is 15.4 Å². The van der Waals surface area contributed by atoms with Gasteiger partial charge in [-0.1, -0.05) is 0 Å². The summed E-state index contributed by atoms with van der Waals surface area (Å²) in [5.74, 6) is 0.702. The fourth-order valence-electron chi connectivity index (χ4n) is 1.79. The molecule has 0 saturated heterocycles. The third-order valence-corrected chi connectivity index (χ3v) is 3.00. The molecule has 0 unspecified atom stereocenters. The van der Waals surface area contributed by atoms with E-state index in [1.54, 1.807) is 67.8 Å². The number of anilines is 3. The fraction of sp³-hybridized carbons (Fsp3) is 0.0588. The van der Waals surface area contributed by atoms with Gasteiger partial charge in [-0.2, -0.15) is 15.6 Å². The molecule has 124 valence electrons. The molecule has 0 saturated carbocycles. The Balaban J connectivity index is 1.92. The lowest BCUT2D eigenvalue weighted by Crippen LogP contribution is -2.19. The minimum absolute atomic E-state index is 0.277. The van der Waals surface area contributed by atoms with Crippen LogP contribution in [0.3, 0.4) is 0 Å². The van der Waals surface area contributed by atoms with E-state index in [9.17, 15) is 4.79 Å². The molecule has 0 aliphatic heterocycles. The molecule has 0 heterocycles. The highest BCUT2D eigenvalue weighted by Gasteiger charge is 2.03. The van der Waals surface area contributed by atoms with Crippen LogP contribution in [-0.2, 0) is 0 Å². The molecule has 0 fully saturated rings. The molecule has 2 amide bonds. The van der Waals surface area contributed by atoms with Crippen LogP contribution < -0.4 is 20.8 Å². The van der Waals surface area contributed by atoms with E-state index in [2.05, 4.69) is 21.2 Å². The maximum absolute atomic E-state index is 12.0. The molecule has 2 rings (SSSR count). The van der Waals surface area contributed by atoms with Crippen LogP contribution in [0.15, 0.2) is 53.6 Å². The highest BCUT2D eigenvalue weighted by molar-refractivity contribution is 6.10. The third kappa shape index (κ3) is 5.27. The molecule has 2 aromatic carbocycles. The maximum atomic E-state index is 12.0. The summed E-state index contributed by atoms with van der Waals surface area (Å²) in [6.45, 7) is 0. The molecule has 0 radical (unpaired) electrons. The molecule has 25 heavy (non-hydrogen) atoms. The minimum Gasteiger partial charge on any atom is -0.497 e. The second-order valence-electron chi connectivity index (χ2n) is 4.68. The number of carbonyl (C=O) groups is 1. The van der Waals surface area contributed by atoms with Crippen LogP contribution in [0.2, 0.25) is 0 Å². The second kappa shape index (κ2) is 8.56. The van der Waals surface area contributed by atoms with Gasteiger partial charge in [0.05, 0.1) is 12.8 Å². The lowest BCUT2D eigenvalue weighted by Gasteiger charge is -2.09. The van der Waals surface area contributed by atoms with E-state index >= 15 is 0 Å². The Kier molecular flexibility index (Phi) is 5.93. The monoisotopic (exact) mass is 334 g/mol.